The van der Waals surface area contributed by atoms with Crippen LogP contribution in [0, 0.1) is 0 Å². The molecule has 1 aliphatic carbocycles. The van der Waals surface area contributed by atoms with Crippen LogP contribution in [0.15, 0.2) is 30.3 Å². The van der Waals surface area contributed by atoms with Crippen molar-refractivity contribution in [3.05, 3.63) is 35.9 Å². The average molecular weight is 273 g/mol. The molecule has 1 spiro atoms. The fraction of sp³-hybridized carbons (Fsp3) is 0.667. The van der Waals surface area contributed by atoms with Crippen LogP contribution in [0.1, 0.15) is 63.5 Å². The van der Waals surface area contributed by atoms with Gasteiger partial charge in [-0.1, -0.05) is 49.6 Å². The molecule has 1 N–H and O–H groups in total. The lowest BCUT2D eigenvalue weighted by atomic mass is 9.83. The molecule has 3 rings (SSSR count). The Morgan fingerprint density at radius 1 is 1.15 bits per heavy atom. The topological polar surface area (TPSA) is 21.3 Å². The SMILES string of the molecule is C[C@H](NCC1CCC2(CCCCC2)O1)c1ccccc1. The van der Waals surface area contributed by atoms with E-state index in [1.54, 1.807) is 0 Å². The number of hydrogen-bond donors (Lipinski definition) is 1. The molecule has 2 atom stereocenters. The van der Waals surface area contributed by atoms with Crippen molar-refractivity contribution >= 4 is 0 Å². The second-order valence-corrected chi connectivity index (χ2v) is 6.56. The van der Waals surface area contributed by atoms with Crippen molar-refractivity contribution in [1.82, 2.24) is 5.32 Å². The standard InChI is InChI=1S/C18H27NO/c1-15(16-8-4-2-5-9-16)19-14-17-10-13-18(20-17)11-6-3-7-12-18/h2,4-5,8-9,15,17,19H,3,6-7,10-14H2,1H3/t15-,17?/m0/s1. The maximum Gasteiger partial charge on any atom is 0.0708 e. The first-order chi connectivity index (χ1) is 9.77. The molecule has 1 saturated heterocycles. The zero-order valence-electron chi connectivity index (χ0n) is 12.6. The summed E-state index contributed by atoms with van der Waals surface area (Å²) in [7, 11) is 0. The summed E-state index contributed by atoms with van der Waals surface area (Å²) < 4.78 is 6.41. The molecular weight excluding hydrogens is 246 g/mol. The minimum atomic E-state index is 0.251. The Labute approximate surface area is 122 Å². The number of hydrogen-bond acceptors (Lipinski definition) is 2. The smallest absolute Gasteiger partial charge is 0.0708 e. The lowest BCUT2D eigenvalue weighted by molar-refractivity contribution is -0.0628. The van der Waals surface area contributed by atoms with Crippen molar-refractivity contribution in [2.75, 3.05) is 6.54 Å². The van der Waals surface area contributed by atoms with E-state index in [1.165, 1.54) is 50.5 Å². The largest absolute Gasteiger partial charge is 0.370 e. The predicted octanol–water partition coefficient (Wildman–Crippen LogP) is 4.22. The van der Waals surface area contributed by atoms with E-state index in [0.29, 0.717) is 12.1 Å². The van der Waals surface area contributed by atoms with Crippen LogP contribution in [0.3, 0.4) is 0 Å². The van der Waals surface area contributed by atoms with E-state index in [9.17, 15) is 0 Å². The molecule has 1 saturated carbocycles. The molecule has 0 amide bonds. The lowest BCUT2D eigenvalue weighted by Gasteiger charge is -2.33. The van der Waals surface area contributed by atoms with E-state index in [4.69, 9.17) is 4.74 Å². The van der Waals surface area contributed by atoms with E-state index in [-0.39, 0.29) is 5.60 Å². The minimum Gasteiger partial charge on any atom is -0.370 e. The molecule has 0 radical (unpaired) electrons. The zero-order chi connectivity index (χ0) is 13.8. The third-order valence-corrected chi connectivity index (χ3v) is 5.05. The highest BCUT2D eigenvalue weighted by molar-refractivity contribution is 5.18. The first kappa shape index (κ1) is 14.1. The van der Waals surface area contributed by atoms with Gasteiger partial charge in [-0.2, -0.15) is 0 Å². The first-order valence-electron chi connectivity index (χ1n) is 8.24. The van der Waals surface area contributed by atoms with Crippen molar-refractivity contribution in [3.63, 3.8) is 0 Å². The Balaban J connectivity index is 1.48. The highest BCUT2D eigenvalue weighted by Gasteiger charge is 2.40. The van der Waals surface area contributed by atoms with Crippen molar-refractivity contribution in [2.24, 2.45) is 0 Å². The summed E-state index contributed by atoms with van der Waals surface area (Å²) in [6.07, 6.45) is 9.63. The molecule has 0 aromatic heterocycles. The normalized spacial score (nSPS) is 26.8. The third kappa shape index (κ3) is 3.24. The summed E-state index contributed by atoms with van der Waals surface area (Å²) >= 11 is 0. The predicted molar refractivity (Wildman–Crippen MR) is 82.8 cm³/mol. The molecule has 1 aromatic rings. The van der Waals surface area contributed by atoms with E-state index < -0.39 is 0 Å². The Bertz CT molecular complexity index is 411. The van der Waals surface area contributed by atoms with Gasteiger partial charge < -0.3 is 10.1 Å². The lowest BCUT2D eigenvalue weighted by Crippen LogP contribution is -2.35. The Morgan fingerprint density at radius 2 is 1.90 bits per heavy atom. The second-order valence-electron chi connectivity index (χ2n) is 6.56. The van der Waals surface area contributed by atoms with Crippen LogP contribution >= 0.6 is 0 Å². The monoisotopic (exact) mass is 273 g/mol. The van der Waals surface area contributed by atoms with Crippen molar-refractivity contribution in [3.8, 4) is 0 Å². The van der Waals surface area contributed by atoms with Crippen LogP contribution < -0.4 is 5.32 Å². The van der Waals surface area contributed by atoms with E-state index in [1.807, 2.05) is 0 Å². The molecule has 1 heterocycles. The fourth-order valence-electron chi connectivity index (χ4n) is 3.77. The summed E-state index contributed by atoms with van der Waals surface area (Å²) in [5.74, 6) is 0. The van der Waals surface area contributed by atoms with E-state index in [2.05, 4.69) is 42.6 Å². The molecule has 1 unspecified atom stereocenters. The number of ether oxygens (including phenoxy) is 1. The summed E-state index contributed by atoms with van der Waals surface area (Å²) in [6, 6.07) is 11.1. The first-order valence-corrected chi connectivity index (χ1v) is 8.24. The van der Waals surface area contributed by atoms with Gasteiger partial charge >= 0.3 is 0 Å². The van der Waals surface area contributed by atoms with E-state index >= 15 is 0 Å². The van der Waals surface area contributed by atoms with E-state index in [0.717, 1.165) is 6.54 Å². The Kier molecular flexibility index (Phi) is 4.42. The molecule has 0 bridgehead atoms. The fourth-order valence-corrected chi connectivity index (χ4v) is 3.77. The van der Waals surface area contributed by atoms with Gasteiger partial charge in [0.25, 0.3) is 0 Å². The van der Waals surface area contributed by atoms with Crippen LogP contribution in [-0.2, 0) is 4.74 Å². The molecule has 2 heteroatoms. The molecule has 1 aromatic carbocycles. The number of nitrogens with one attached hydrogen (secondary N) is 1. The van der Waals surface area contributed by atoms with Crippen LogP contribution in [-0.4, -0.2) is 18.2 Å². The van der Waals surface area contributed by atoms with Crippen LogP contribution in [0.25, 0.3) is 0 Å². The molecule has 1 aliphatic heterocycles. The van der Waals surface area contributed by atoms with Gasteiger partial charge in [-0.25, -0.2) is 0 Å². The molecule has 2 fully saturated rings. The van der Waals surface area contributed by atoms with Gasteiger partial charge in [0, 0.05) is 12.6 Å². The molecular formula is C18H27NO. The van der Waals surface area contributed by atoms with Crippen molar-refractivity contribution < 1.29 is 4.74 Å². The van der Waals surface area contributed by atoms with Gasteiger partial charge in [-0.05, 0) is 38.2 Å². The molecule has 2 aliphatic rings. The third-order valence-electron chi connectivity index (χ3n) is 5.05. The zero-order valence-corrected chi connectivity index (χ0v) is 12.6. The van der Waals surface area contributed by atoms with Crippen molar-refractivity contribution in [2.45, 2.75) is 69.6 Å². The summed E-state index contributed by atoms with van der Waals surface area (Å²) in [6.45, 7) is 3.22. The minimum absolute atomic E-state index is 0.251. The Hall–Kier alpha value is -0.860. The quantitative estimate of drug-likeness (QED) is 0.887. The second kappa shape index (κ2) is 6.28. The van der Waals surface area contributed by atoms with Crippen LogP contribution in [0.5, 0.6) is 0 Å². The van der Waals surface area contributed by atoms with Gasteiger partial charge in [-0.3, -0.25) is 0 Å². The highest BCUT2D eigenvalue weighted by Crippen LogP contribution is 2.41. The molecule has 2 nitrogen and oxygen atoms in total. The van der Waals surface area contributed by atoms with Gasteiger partial charge in [0.1, 0.15) is 0 Å². The summed E-state index contributed by atoms with van der Waals surface area (Å²) in [5, 5.41) is 3.64. The number of rotatable bonds is 4. The van der Waals surface area contributed by atoms with Crippen LogP contribution in [0.2, 0.25) is 0 Å². The maximum absolute atomic E-state index is 6.41. The average Bonchev–Trinajstić information content (AvgIpc) is 2.89. The van der Waals surface area contributed by atoms with Gasteiger partial charge in [0.2, 0.25) is 0 Å². The molecule has 110 valence electrons. The molecule has 20 heavy (non-hydrogen) atoms. The van der Waals surface area contributed by atoms with Gasteiger partial charge in [-0.15, -0.1) is 0 Å². The summed E-state index contributed by atoms with van der Waals surface area (Å²) in [5.41, 5.74) is 1.61. The van der Waals surface area contributed by atoms with Crippen molar-refractivity contribution in [1.29, 1.82) is 0 Å². The van der Waals surface area contributed by atoms with Gasteiger partial charge in [0.05, 0.1) is 11.7 Å². The Morgan fingerprint density at radius 3 is 2.65 bits per heavy atom. The number of benzene rings is 1. The highest BCUT2D eigenvalue weighted by atomic mass is 16.5. The van der Waals surface area contributed by atoms with Gasteiger partial charge in [0.15, 0.2) is 0 Å². The summed E-state index contributed by atoms with van der Waals surface area (Å²) in [4.78, 5) is 0. The van der Waals surface area contributed by atoms with Crippen LogP contribution in [0.4, 0.5) is 0 Å². The maximum atomic E-state index is 6.41.